The van der Waals surface area contributed by atoms with Crippen LogP contribution < -0.4 is 5.73 Å². The fraction of sp³-hybridized carbons (Fsp3) is 0.125. The van der Waals surface area contributed by atoms with Crippen molar-refractivity contribution in [2.24, 2.45) is 0 Å². The number of aryl methyl sites for hydroxylation is 1. The van der Waals surface area contributed by atoms with Gasteiger partial charge in [-0.3, -0.25) is 0 Å². The second-order valence-corrected chi connectivity index (χ2v) is 5.73. The molecule has 0 saturated carbocycles. The van der Waals surface area contributed by atoms with Crippen LogP contribution in [0.3, 0.4) is 0 Å². The molecule has 5 heteroatoms. The number of nitrogens with zero attached hydrogens (tertiary/aromatic N) is 2. The number of nitrogens with two attached hydrogens (primary N) is 1. The van der Waals surface area contributed by atoms with Crippen LogP contribution >= 0.6 is 11.8 Å². The van der Waals surface area contributed by atoms with Gasteiger partial charge in [0.05, 0.1) is 5.75 Å². The quantitative estimate of drug-likeness (QED) is 0.584. The normalized spacial score (nSPS) is 10.7. The van der Waals surface area contributed by atoms with Gasteiger partial charge in [-0.15, -0.1) is 11.8 Å². The van der Waals surface area contributed by atoms with Crippen LogP contribution in [0.2, 0.25) is 0 Å². The predicted molar refractivity (Wildman–Crippen MR) is 84.9 cm³/mol. The summed E-state index contributed by atoms with van der Waals surface area (Å²) in [5, 5.41) is 4.01. The largest absolute Gasteiger partial charge is 0.398 e. The zero-order valence-electron chi connectivity index (χ0n) is 11.6. The Labute approximate surface area is 127 Å². The number of nitrogen functional groups attached to an aromatic ring is 1. The summed E-state index contributed by atoms with van der Waals surface area (Å²) in [6.45, 7) is 2.02. The Bertz CT molecular complexity index is 740. The average molecular weight is 297 g/mol. The van der Waals surface area contributed by atoms with Gasteiger partial charge in [0.15, 0.2) is 5.82 Å². The second kappa shape index (κ2) is 6.01. The summed E-state index contributed by atoms with van der Waals surface area (Å²) in [5.41, 5.74) is 8.86. The standard InChI is InChI=1S/C16H15N3OS/c1-11-7-8-14(13(17)9-11)21-10-15-18-16(20-19-15)12-5-3-2-4-6-12/h2-9H,10,17H2,1H3. The fourth-order valence-electron chi connectivity index (χ4n) is 1.95. The zero-order valence-corrected chi connectivity index (χ0v) is 12.4. The maximum Gasteiger partial charge on any atom is 0.257 e. The van der Waals surface area contributed by atoms with Gasteiger partial charge in [0.2, 0.25) is 0 Å². The lowest BCUT2D eigenvalue weighted by Gasteiger charge is -2.04. The smallest absolute Gasteiger partial charge is 0.257 e. The molecule has 0 aliphatic rings. The first-order valence-corrected chi connectivity index (χ1v) is 7.58. The second-order valence-electron chi connectivity index (χ2n) is 4.71. The summed E-state index contributed by atoms with van der Waals surface area (Å²) in [5.74, 6) is 1.84. The highest BCUT2D eigenvalue weighted by atomic mass is 32.2. The van der Waals surface area contributed by atoms with Crippen molar-refractivity contribution in [2.75, 3.05) is 5.73 Å². The van der Waals surface area contributed by atoms with E-state index in [1.54, 1.807) is 11.8 Å². The Morgan fingerprint density at radius 1 is 1.14 bits per heavy atom. The van der Waals surface area contributed by atoms with E-state index in [1.807, 2.05) is 55.5 Å². The molecule has 0 fully saturated rings. The van der Waals surface area contributed by atoms with Crippen LogP contribution in [-0.2, 0) is 5.75 Å². The molecule has 0 atom stereocenters. The summed E-state index contributed by atoms with van der Waals surface area (Å²) >= 11 is 1.61. The first-order valence-electron chi connectivity index (χ1n) is 6.59. The Kier molecular flexibility index (Phi) is 3.92. The van der Waals surface area contributed by atoms with Crippen molar-refractivity contribution < 1.29 is 4.52 Å². The van der Waals surface area contributed by atoms with Gasteiger partial charge in [0, 0.05) is 16.1 Å². The van der Waals surface area contributed by atoms with Crippen molar-refractivity contribution in [1.82, 2.24) is 10.1 Å². The molecule has 3 rings (SSSR count). The van der Waals surface area contributed by atoms with Crippen molar-refractivity contribution in [1.29, 1.82) is 0 Å². The molecule has 3 aromatic rings. The molecule has 0 bridgehead atoms. The maximum absolute atomic E-state index is 6.00. The summed E-state index contributed by atoms with van der Waals surface area (Å²) in [4.78, 5) is 5.44. The third-order valence-electron chi connectivity index (χ3n) is 3.01. The van der Waals surface area contributed by atoms with Crippen LogP contribution in [-0.4, -0.2) is 10.1 Å². The van der Waals surface area contributed by atoms with Gasteiger partial charge in [-0.25, -0.2) is 0 Å². The monoisotopic (exact) mass is 297 g/mol. The van der Waals surface area contributed by atoms with Crippen molar-refractivity contribution in [2.45, 2.75) is 17.6 Å². The van der Waals surface area contributed by atoms with Gasteiger partial charge in [-0.2, -0.15) is 4.98 Å². The molecule has 0 saturated heterocycles. The minimum absolute atomic E-state index is 0.545. The number of anilines is 1. The van der Waals surface area contributed by atoms with Crippen molar-refractivity contribution >= 4 is 17.4 Å². The number of rotatable bonds is 4. The lowest BCUT2D eigenvalue weighted by Crippen LogP contribution is -1.91. The summed E-state index contributed by atoms with van der Waals surface area (Å²) in [6, 6.07) is 15.8. The number of aromatic nitrogens is 2. The predicted octanol–water partition coefficient (Wildman–Crippen LogP) is 3.92. The van der Waals surface area contributed by atoms with E-state index in [-0.39, 0.29) is 0 Å². The van der Waals surface area contributed by atoms with E-state index in [4.69, 9.17) is 10.3 Å². The highest BCUT2D eigenvalue weighted by molar-refractivity contribution is 7.98. The van der Waals surface area contributed by atoms with E-state index in [0.29, 0.717) is 17.5 Å². The first kappa shape index (κ1) is 13.7. The SMILES string of the molecule is Cc1ccc(SCc2noc(-c3ccccc3)n2)c(N)c1. The van der Waals surface area contributed by atoms with E-state index in [2.05, 4.69) is 10.1 Å². The highest BCUT2D eigenvalue weighted by Gasteiger charge is 2.09. The summed E-state index contributed by atoms with van der Waals surface area (Å²) in [6.07, 6.45) is 0. The molecule has 2 N–H and O–H groups in total. The third-order valence-corrected chi connectivity index (χ3v) is 4.10. The van der Waals surface area contributed by atoms with E-state index < -0.39 is 0 Å². The van der Waals surface area contributed by atoms with Gasteiger partial charge in [-0.05, 0) is 36.8 Å². The van der Waals surface area contributed by atoms with Gasteiger partial charge in [-0.1, -0.05) is 29.4 Å². The van der Waals surface area contributed by atoms with Crippen LogP contribution in [0.5, 0.6) is 0 Å². The minimum Gasteiger partial charge on any atom is -0.398 e. The van der Waals surface area contributed by atoms with E-state index in [9.17, 15) is 0 Å². The van der Waals surface area contributed by atoms with Crippen LogP contribution in [0, 0.1) is 6.92 Å². The average Bonchev–Trinajstić information content (AvgIpc) is 2.96. The third kappa shape index (κ3) is 3.25. The lowest BCUT2D eigenvalue weighted by molar-refractivity contribution is 0.425. The first-order chi connectivity index (χ1) is 10.2. The molecule has 0 aliphatic heterocycles. The molecule has 0 amide bonds. The van der Waals surface area contributed by atoms with Crippen molar-refractivity contribution in [3.05, 3.63) is 59.9 Å². The Morgan fingerprint density at radius 2 is 1.95 bits per heavy atom. The Morgan fingerprint density at radius 3 is 2.71 bits per heavy atom. The highest BCUT2D eigenvalue weighted by Crippen LogP contribution is 2.28. The van der Waals surface area contributed by atoms with Gasteiger partial charge < -0.3 is 10.3 Å². The molecule has 21 heavy (non-hydrogen) atoms. The number of hydrogen-bond donors (Lipinski definition) is 1. The fourth-order valence-corrected chi connectivity index (χ4v) is 2.74. The molecule has 1 heterocycles. The Balaban J connectivity index is 1.70. The minimum atomic E-state index is 0.545. The Hall–Kier alpha value is -2.27. The molecule has 106 valence electrons. The van der Waals surface area contributed by atoms with Crippen LogP contribution in [0.1, 0.15) is 11.4 Å². The zero-order chi connectivity index (χ0) is 14.7. The van der Waals surface area contributed by atoms with Crippen LogP contribution in [0.4, 0.5) is 5.69 Å². The molecular formula is C16H15N3OS. The number of benzene rings is 2. The van der Waals surface area contributed by atoms with Crippen LogP contribution in [0.15, 0.2) is 57.9 Å². The molecule has 0 aliphatic carbocycles. The molecule has 0 unspecified atom stereocenters. The van der Waals surface area contributed by atoms with E-state index >= 15 is 0 Å². The summed E-state index contributed by atoms with van der Waals surface area (Å²) < 4.78 is 5.28. The summed E-state index contributed by atoms with van der Waals surface area (Å²) in [7, 11) is 0. The number of hydrogen-bond acceptors (Lipinski definition) is 5. The number of thioether (sulfide) groups is 1. The van der Waals surface area contributed by atoms with Gasteiger partial charge in [0.25, 0.3) is 5.89 Å². The lowest BCUT2D eigenvalue weighted by atomic mass is 10.2. The molecule has 0 spiro atoms. The van der Waals surface area contributed by atoms with E-state index in [1.165, 1.54) is 0 Å². The molecule has 1 aromatic heterocycles. The molecular weight excluding hydrogens is 282 g/mol. The van der Waals surface area contributed by atoms with Crippen LogP contribution in [0.25, 0.3) is 11.5 Å². The van der Waals surface area contributed by atoms with Crippen molar-refractivity contribution in [3.63, 3.8) is 0 Å². The molecule has 2 aromatic carbocycles. The van der Waals surface area contributed by atoms with Gasteiger partial charge in [0.1, 0.15) is 0 Å². The van der Waals surface area contributed by atoms with E-state index in [0.717, 1.165) is 21.7 Å². The van der Waals surface area contributed by atoms with Crippen molar-refractivity contribution in [3.8, 4) is 11.5 Å². The topological polar surface area (TPSA) is 64.9 Å². The van der Waals surface area contributed by atoms with Gasteiger partial charge >= 0.3 is 0 Å². The molecule has 0 radical (unpaired) electrons. The maximum atomic E-state index is 6.00. The molecule has 4 nitrogen and oxygen atoms in total.